The molecule has 2 nitrogen and oxygen atoms in total. The molecule has 0 bridgehead atoms. The summed E-state index contributed by atoms with van der Waals surface area (Å²) in [5.41, 5.74) is 1.31. The molecule has 106 valence electrons. The highest BCUT2D eigenvalue weighted by Gasteiger charge is 2.10. The number of hydrogen-bond donors (Lipinski definition) is 1. The van der Waals surface area contributed by atoms with Crippen LogP contribution in [0, 0.1) is 5.82 Å². The second-order valence-corrected chi connectivity index (χ2v) is 5.30. The first-order valence-corrected chi connectivity index (χ1v) is 6.85. The van der Waals surface area contributed by atoms with Crippen LogP contribution in [0.25, 0.3) is 0 Å². The van der Waals surface area contributed by atoms with Crippen molar-refractivity contribution in [1.29, 1.82) is 0 Å². The van der Waals surface area contributed by atoms with Crippen molar-refractivity contribution in [1.82, 2.24) is 0 Å². The maximum atomic E-state index is 13.1. The standard InChI is InChI=1S/C14H11Cl3FNO/c1-20-13-3-2-9(15)4-8(13)7-19-14-11(16)5-10(18)6-12(14)17/h2-6,19H,7H2,1H3. The number of methoxy groups -OCH3 is 1. The summed E-state index contributed by atoms with van der Waals surface area (Å²) in [6.07, 6.45) is 0. The third-order valence-corrected chi connectivity index (χ3v) is 3.54. The first-order chi connectivity index (χ1) is 9.51. The Morgan fingerprint density at radius 2 is 1.75 bits per heavy atom. The van der Waals surface area contributed by atoms with E-state index in [4.69, 9.17) is 39.5 Å². The zero-order chi connectivity index (χ0) is 14.7. The van der Waals surface area contributed by atoms with Crippen LogP contribution in [0.3, 0.4) is 0 Å². The lowest BCUT2D eigenvalue weighted by Crippen LogP contribution is -2.03. The zero-order valence-corrected chi connectivity index (χ0v) is 12.8. The van der Waals surface area contributed by atoms with Gasteiger partial charge in [-0.05, 0) is 30.3 Å². The predicted octanol–water partition coefficient (Wildman–Crippen LogP) is 5.41. The van der Waals surface area contributed by atoms with Crippen LogP contribution in [0.4, 0.5) is 10.1 Å². The molecule has 0 aliphatic heterocycles. The Bertz CT molecular complexity index is 611. The van der Waals surface area contributed by atoms with E-state index in [9.17, 15) is 4.39 Å². The Hall–Kier alpha value is -1.16. The summed E-state index contributed by atoms with van der Waals surface area (Å²) in [4.78, 5) is 0. The Morgan fingerprint density at radius 3 is 2.35 bits per heavy atom. The lowest BCUT2D eigenvalue weighted by Gasteiger charge is -2.13. The smallest absolute Gasteiger partial charge is 0.126 e. The molecule has 1 N–H and O–H groups in total. The molecule has 0 heterocycles. The van der Waals surface area contributed by atoms with Gasteiger partial charge in [0.2, 0.25) is 0 Å². The molecule has 0 saturated carbocycles. The van der Waals surface area contributed by atoms with Crippen LogP contribution in [0.15, 0.2) is 30.3 Å². The Labute approximate surface area is 131 Å². The van der Waals surface area contributed by atoms with E-state index in [0.29, 0.717) is 23.0 Å². The largest absolute Gasteiger partial charge is 0.496 e. The highest BCUT2D eigenvalue weighted by Crippen LogP contribution is 2.32. The highest BCUT2D eigenvalue weighted by molar-refractivity contribution is 6.39. The van der Waals surface area contributed by atoms with Crippen molar-refractivity contribution in [2.45, 2.75) is 6.54 Å². The summed E-state index contributed by atoms with van der Waals surface area (Å²) in [6, 6.07) is 7.68. The molecule has 0 spiro atoms. The van der Waals surface area contributed by atoms with Crippen LogP contribution in [0.2, 0.25) is 15.1 Å². The molecule has 0 atom stereocenters. The minimum Gasteiger partial charge on any atom is -0.496 e. The molecule has 0 aromatic heterocycles. The molecule has 0 aliphatic rings. The van der Waals surface area contributed by atoms with Gasteiger partial charge in [-0.3, -0.25) is 0 Å². The van der Waals surface area contributed by atoms with Gasteiger partial charge >= 0.3 is 0 Å². The number of ether oxygens (including phenoxy) is 1. The number of benzene rings is 2. The molecule has 6 heteroatoms. The van der Waals surface area contributed by atoms with E-state index in [2.05, 4.69) is 5.32 Å². The van der Waals surface area contributed by atoms with Gasteiger partial charge in [0.1, 0.15) is 11.6 Å². The van der Waals surface area contributed by atoms with Crippen molar-refractivity contribution >= 4 is 40.5 Å². The van der Waals surface area contributed by atoms with Crippen LogP contribution >= 0.6 is 34.8 Å². The van der Waals surface area contributed by atoms with E-state index in [1.165, 1.54) is 12.1 Å². The highest BCUT2D eigenvalue weighted by atomic mass is 35.5. The fourth-order valence-corrected chi connectivity index (χ4v) is 2.57. The summed E-state index contributed by atoms with van der Waals surface area (Å²) in [5, 5.41) is 4.09. The molecule has 0 radical (unpaired) electrons. The monoisotopic (exact) mass is 333 g/mol. The van der Waals surface area contributed by atoms with E-state index in [1.807, 2.05) is 0 Å². The van der Waals surface area contributed by atoms with Gasteiger partial charge in [-0.15, -0.1) is 0 Å². The number of rotatable bonds is 4. The van der Waals surface area contributed by atoms with Crippen molar-refractivity contribution in [3.05, 3.63) is 56.8 Å². The van der Waals surface area contributed by atoms with Crippen LogP contribution in [0.1, 0.15) is 5.56 Å². The minimum atomic E-state index is -0.481. The maximum Gasteiger partial charge on any atom is 0.126 e. The lowest BCUT2D eigenvalue weighted by molar-refractivity contribution is 0.410. The first kappa shape index (κ1) is 15.2. The molecule has 0 amide bonds. The number of hydrogen-bond acceptors (Lipinski definition) is 2. The average Bonchev–Trinajstić information content (AvgIpc) is 2.37. The average molecular weight is 335 g/mol. The van der Waals surface area contributed by atoms with Crippen molar-refractivity contribution in [2.24, 2.45) is 0 Å². The molecule has 0 saturated heterocycles. The van der Waals surface area contributed by atoms with Crippen molar-refractivity contribution in [2.75, 3.05) is 12.4 Å². The molecule has 2 aromatic carbocycles. The van der Waals surface area contributed by atoms with Gasteiger partial charge in [-0.25, -0.2) is 4.39 Å². The maximum absolute atomic E-state index is 13.1. The fourth-order valence-electron chi connectivity index (χ4n) is 1.78. The zero-order valence-electron chi connectivity index (χ0n) is 10.5. The fraction of sp³-hybridized carbons (Fsp3) is 0.143. The van der Waals surface area contributed by atoms with Crippen LogP contribution in [-0.2, 0) is 6.54 Å². The van der Waals surface area contributed by atoms with E-state index >= 15 is 0 Å². The van der Waals surface area contributed by atoms with Gasteiger partial charge in [0.25, 0.3) is 0 Å². The Morgan fingerprint density at radius 1 is 1.10 bits per heavy atom. The molecular weight excluding hydrogens is 324 g/mol. The van der Waals surface area contributed by atoms with E-state index < -0.39 is 5.82 Å². The molecule has 2 rings (SSSR count). The second-order valence-electron chi connectivity index (χ2n) is 4.05. The first-order valence-electron chi connectivity index (χ1n) is 5.72. The molecule has 0 unspecified atom stereocenters. The Balaban J connectivity index is 2.23. The molecule has 20 heavy (non-hydrogen) atoms. The van der Waals surface area contributed by atoms with Gasteiger partial charge in [0.05, 0.1) is 22.8 Å². The molecule has 2 aromatic rings. The molecule has 0 aliphatic carbocycles. The number of anilines is 1. The van der Waals surface area contributed by atoms with Crippen LogP contribution in [-0.4, -0.2) is 7.11 Å². The van der Waals surface area contributed by atoms with Crippen LogP contribution in [0.5, 0.6) is 5.75 Å². The van der Waals surface area contributed by atoms with Crippen LogP contribution < -0.4 is 10.1 Å². The lowest BCUT2D eigenvalue weighted by atomic mass is 10.2. The van der Waals surface area contributed by atoms with Gasteiger partial charge in [0, 0.05) is 17.1 Å². The van der Waals surface area contributed by atoms with Gasteiger partial charge in [0.15, 0.2) is 0 Å². The molecular formula is C14H11Cl3FNO. The predicted molar refractivity (Wildman–Crippen MR) is 81.8 cm³/mol. The summed E-state index contributed by atoms with van der Waals surface area (Å²) < 4.78 is 18.4. The summed E-state index contributed by atoms with van der Waals surface area (Å²) in [5.74, 6) is 0.210. The number of nitrogens with one attached hydrogen (secondary N) is 1. The second kappa shape index (κ2) is 6.53. The SMILES string of the molecule is COc1ccc(Cl)cc1CNc1c(Cl)cc(F)cc1Cl. The normalized spacial score (nSPS) is 10.4. The quantitative estimate of drug-likeness (QED) is 0.807. The summed E-state index contributed by atoms with van der Waals surface area (Å²) in [7, 11) is 1.57. The third-order valence-electron chi connectivity index (χ3n) is 2.70. The van der Waals surface area contributed by atoms with Crippen molar-refractivity contribution in [3.8, 4) is 5.75 Å². The number of halogens is 4. The van der Waals surface area contributed by atoms with Gasteiger partial charge in [-0.2, -0.15) is 0 Å². The topological polar surface area (TPSA) is 21.3 Å². The van der Waals surface area contributed by atoms with Crippen molar-refractivity contribution < 1.29 is 9.13 Å². The summed E-state index contributed by atoms with van der Waals surface area (Å²) in [6.45, 7) is 0.398. The summed E-state index contributed by atoms with van der Waals surface area (Å²) >= 11 is 17.9. The van der Waals surface area contributed by atoms with Gasteiger partial charge < -0.3 is 10.1 Å². The Kier molecular flexibility index (Phi) is 4.97. The van der Waals surface area contributed by atoms with Gasteiger partial charge in [-0.1, -0.05) is 34.8 Å². The minimum absolute atomic E-state index is 0.219. The third kappa shape index (κ3) is 3.48. The van der Waals surface area contributed by atoms with Crippen molar-refractivity contribution in [3.63, 3.8) is 0 Å². The molecule has 0 fully saturated rings. The van der Waals surface area contributed by atoms with E-state index in [0.717, 1.165) is 5.56 Å². The van der Waals surface area contributed by atoms with E-state index in [1.54, 1.807) is 25.3 Å². The van der Waals surface area contributed by atoms with E-state index in [-0.39, 0.29) is 10.0 Å².